The summed E-state index contributed by atoms with van der Waals surface area (Å²) >= 11 is 0. The van der Waals surface area contributed by atoms with E-state index in [9.17, 15) is 0 Å². The van der Waals surface area contributed by atoms with E-state index in [4.69, 9.17) is 0 Å². The molecule has 0 bridgehead atoms. The topological polar surface area (TPSA) is 15.3 Å². The van der Waals surface area contributed by atoms with Crippen molar-refractivity contribution in [3.63, 3.8) is 0 Å². The zero-order chi connectivity index (χ0) is 14.0. The van der Waals surface area contributed by atoms with Crippen molar-refractivity contribution in [1.29, 1.82) is 0 Å². The Bertz CT molecular complexity index is 440. The number of hydrogen-bond donors (Lipinski definition) is 1. The van der Waals surface area contributed by atoms with Crippen molar-refractivity contribution in [2.45, 2.75) is 39.0 Å². The van der Waals surface area contributed by atoms with E-state index in [1.54, 1.807) is 5.56 Å². The Labute approximate surface area is 123 Å². The smallest absolute Gasteiger partial charge is 0.00480 e. The van der Waals surface area contributed by atoms with E-state index in [-0.39, 0.29) is 0 Å². The Kier molecular flexibility index (Phi) is 4.13. The fourth-order valence-corrected chi connectivity index (χ4v) is 3.99. The Morgan fingerprint density at radius 3 is 2.65 bits per heavy atom. The third-order valence-corrected chi connectivity index (χ3v) is 5.28. The van der Waals surface area contributed by atoms with Crippen LogP contribution in [0.2, 0.25) is 0 Å². The van der Waals surface area contributed by atoms with Crippen molar-refractivity contribution in [2.24, 2.45) is 5.41 Å². The maximum absolute atomic E-state index is 3.52. The van der Waals surface area contributed by atoms with E-state index in [0.717, 1.165) is 5.92 Å². The molecule has 1 atom stereocenters. The second kappa shape index (κ2) is 5.87. The largest absolute Gasteiger partial charge is 0.316 e. The summed E-state index contributed by atoms with van der Waals surface area (Å²) in [6.45, 7) is 10.9. The highest BCUT2D eigenvalue weighted by molar-refractivity contribution is 5.29. The quantitative estimate of drug-likeness (QED) is 0.909. The normalized spacial score (nSPS) is 28.9. The number of piperidine rings is 1. The van der Waals surface area contributed by atoms with Crippen LogP contribution in [0.15, 0.2) is 24.3 Å². The van der Waals surface area contributed by atoms with Crippen LogP contribution in [0.1, 0.15) is 43.2 Å². The van der Waals surface area contributed by atoms with E-state index in [2.05, 4.69) is 48.3 Å². The minimum Gasteiger partial charge on any atom is -0.316 e. The van der Waals surface area contributed by atoms with E-state index in [1.807, 2.05) is 0 Å². The highest BCUT2D eigenvalue weighted by Crippen LogP contribution is 2.32. The lowest BCUT2D eigenvalue weighted by Crippen LogP contribution is -2.41. The summed E-state index contributed by atoms with van der Waals surface area (Å²) < 4.78 is 0. The number of hydrogen-bond acceptors (Lipinski definition) is 2. The molecule has 1 aromatic carbocycles. The Morgan fingerprint density at radius 2 is 2.00 bits per heavy atom. The van der Waals surface area contributed by atoms with Crippen molar-refractivity contribution in [1.82, 2.24) is 10.2 Å². The van der Waals surface area contributed by atoms with Crippen LogP contribution in [0.3, 0.4) is 0 Å². The molecule has 0 saturated carbocycles. The molecule has 2 aliphatic rings. The summed E-state index contributed by atoms with van der Waals surface area (Å²) in [6, 6.07) is 8.94. The molecule has 1 unspecified atom stereocenters. The van der Waals surface area contributed by atoms with Crippen LogP contribution in [-0.2, 0) is 0 Å². The van der Waals surface area contributed by atoms with Gasteiger partial charge in [-0.1, -0.05) is 31.2 Å². The van der Waals surface area contributed by atoms with Crippen molar-refractivity contribution in [3.8, 4) is 0 Å². The lowest BCUT2D eigenvalue weighted by molar-refractivity contribution is 0.144. The predicted octanol–water partition coefficient (Wildman–Crippen LogP) is 3.17. The van der Waals surface area contributed by atoms with Crippen molar-refractivity contribution >= 4 is 0 Å². The molecule has 0 aromatic heterocycles. The molecule has 2 heteroatoms. The average molecular weight is 272 g/mol. The molecule has 2 fully saturated rings. The third-order valence-electron chi connectivity index (χ3n) is 5.28. The number of benzene rings is 1. The van der Waals surface area contributed by atoms with Gasteiger partial charge in [0.1, 0.15) is 0 Å². The SMILES string of the molecule is Cc1ccccc1C1CCN(CC2(C)CCNC2)CC1. The standard InChI is InChI=1S/C18H28N2/c1-15-5-3-4-6-17(15)16-7-11-20(12-8-16)14-18(2)9-10-19-13-18/h3-6,16,19H,7-14H2,1-2H3. The fourth-order valence-electron chi connectivity index (χ4n) is 3.99. The van der Waals surface area contributed by atoms with Crippen molar-refractivity contribution < 1.29 is 0 Å². The summed E-state index contributed by atoms with van der Waals surface area (Å²) in [4.78, 5) is 2.70. The maximum atomic E-state index is 3.52. The van der Waals surface area contributed by atoms with Gasteiger partial charge in [0.2, 0.25) is 0 Å². The van der Waals surface area contributed by atoms with Crippen LogP contribution in [0.25, 0.3) is 0 Å². The monoisotopic (exact) mass is 272 g/mol. The maximum Gasteiger partial charge on any atom is 0.00480 e. The summed E-state index contributed by atoms with van der Waals surface area (Å²) in [5.41, 5.74) is 3.56. The van der Waals surface area contributed by atoms with Gasteiger partial charge in [-0.15, -0.1) is 0 Å². The van der Waals surface area contributed by atoms with Crippen molar-refractivity contribution in [2.75, 3.05) is 32.7 Å². The van der Waals surface area contributed by atoms with Crippen LogP contribution in [0, 0.1) is 12.3 Å². The molecular weight excluding hydrogens is 244 g/mol. The minimum atomic E-state index is 0.509. The Hall–Kier alpha value is -0.860. The molecule has 0 radical (unpaired) electrons. The molecule has 0 spiro atoms. The second-order valence-electron chi connectivity index (χ2n) is 7.14. The molecule has 1 aromatic rings. The molecule has 2 saturated heterocycles. The van der Waals surface area contributed by atoms with Crippen LogP contribution in [0.5, 0.6) is 0 Å². The van der Waals surface area contributed by atoms with Gasteiger partial charge >= 0.3 is 0 Å². The molecule has 20 heavy (non-hydrogen) atoms. The first kappa shape index (κ1) is 14.1. The van der Waals surface area contributed by atoms with Gasteiger partial charge in [0.25, 0.3) is 0 Å². The van der Waals surface area contributed by atoms with Gasteiger partial charge in [0.15, 0.2) is 0 Å². The lowest BCUT2D eigenvalue weighted by atomic mass is 9.84. The predicted molar refractivity (Wildman–Crippen MR) is 85.2 cm³/mol. The average Bonchev–Trinajstić information content (AvgIpc) is 2.87. The summed E-state index contributed by atoms with van der Waals surface area (Å²) in [6.07, 6.45) is 3.99. The first-order valence-corrected chi connectivity index (χ1v) is 8.15. The number of rotatable bonds is 3. The van der Waals surface area contributed by atoms with E-state index < -0.39 is 0 Å². The van der Waals surface area contributed by atoms with E-state index >= 15 is 0 Å². The van der Waals surface area contributed by atoms with Gasteiger partial charge in [-0.25, -0.2) is 0 Å². The van der Waals surface area contributed by atoms with E-state index in [0.29, 0.717) is 5.41 Å². The van der Waals surface area contributed by atoms with Crippen LogP contribution in [-0.4, -0.2) is 37.6 Å². The van der Waals surface area contributed by atoms with Crippen LogP contribution >= 0.6 is 0 Å². The third kappa shape index (κ3) is 3.07. The molecule has 2 aliphatic heterocycles. The molecule has 3 rings (SSSR count). The summed E-state index contributed by atoms with van der Waals surface area (Å²) in [5, 5.41) is 3.52. The molecule has 1 N–H and O–H groups in total. The van der Waals surface area contributed by atoms with Gasteiger partial charge in [0.05, 0.1) is 0 Å². The molecule has 0 aliphatic carbocycles. The van der Waals surface area contributed by atoms with Crippen molar-refractivity contribution in [3.05, 3.63) is 35.4 Å². The van der Waals surface area contributed by atoms with Gasteiger partial charge in [-0.2, -0.15) is 0 Å². The van der Waals surface area contributed by atoms with E-state index in [1.165, 1.54) is 57.5 Å². The zero-order valence-electron chi connectivity index (χ0n) is 13.0. The van der Waals surface area contributed by atoms with Gasteiger partial charge in [-0.05, 0) is 68.3 Å². The summed E-state index contributed by atoms with van der Waals surface area (Å²) in [7, 11) is 0. The second-order valence-corrected chi connectivity index (χ2v) is 7.14. The van der Waals surface area contributed by atoms with Gasteiger partial charge in [-0.3, -0.25) is 0 Å². The van der Waals surface area contributed by atoms with Crippen LogP contribution < -0.4 is 5.32 Å². The molecular formula is C18H28N2. The highest BCUT2D eigenvalue weighted by atomic mass is 15.1. The molecule has 110 valence electrons. The number of nitrogens with zero attached hydrogens (tertiary/aromatic N) is 1. The highest BCUT2D eigenvalue weighted by Gasteiger charge is 2.32. The van der Waals surface area contributed by atoms with Crippen LogP contribution in [0.4, 0.5) is 0 Å². The first-order chi connectivity index (χ1) is 9.66. The number of nitrogens with one attached hydrogen (secondary N) is 1. The lowest BCUT2D eigenvalue weighted by Gasteiger charge is -2.37. The Balaban J connectivity index is 1.56. The van der Waals surface area contributed by atoms with Gasteiger partial charge < -0.3 is 10.2 Å². The zero-order valence-corrected chi connectivity index (χ0v) is 13.0. The number of likely N-dealkylation sites (tertiary alicyclic amines) is 1. The molecule has 2 heterocycles. The minimum absolute atomic E-state index is 0.509. The molecule has 0 amide bonds. The summed E-state index contributed by atoms with van der Waals surface area (Å²) in [5.74, 6) is 0.780. The van der Waals surface area contributed by atoms with Gasteiger partial charge in [0, 0.05) is 13.1 Å². The Morgan fingerprint density at radius 1 is 1.25 bits per heavy atom. The fraction of sp³-hybridized carbons (Fsp3) is 0.667. The first-order valence-electron chi connectivity index (χ1n) is 8.15. The number of aryl methyl sites for hydroxylation is 1. The molecule has 2 nitrogen and oxygen atoms in total.